The van der Waals surface area contributed by atoms with Crippen molar-refractivity contribution < 1.29 is 4.79 Å². The Bertz CT molecular complexity index is 935. The van der Waals surface area contributed by atoms with E-state index >= 15 is 0 Å². The van der Waals surface area contributed by atoms with Crippen LogP contribution in [0.25, 0.3) is 0 Å². The summed E-state index contributed by atoms with van der Waals surface area (Å²) in [7, 11) is 2.01. The van der Waals surface area contributed by atoms with Gasteiger partial charge in [0, 0.05) is 26.0 Å². The normalized spacial score (nSPS) is 10.6. The summed E-state index contributed by atoms with van der Waals surface area (Å²) in [6, 6.07) is 11.5. The van der Waals surface area contributed by atoms with E-state index in [9.17, 15) is 4.79 Å². The van der Waals surface area contributed by atoms with Crippen LogP contribution in [0.5, 0.6) is 0 Å². The maximum atomic E-state index is 12.5. The average molecular weight is 395 g/mol. The molecule has 0 bridgehead atoms. The van der Waals surface area contributed by atoms with Crippen LogP contribution < -0.4 is 10.2 Å². The van der Waals surface area contributed by atoms with Gasteiger partial charge in [0.1, 0.15) is 5.69 Å². The molecule has 3 aromatic rings. The molecule has 3 rings (SSSR count). The van der Waals surface area contributed by atoms with Gasteiger partial charge in [-0.2, -0.15) is 0 Å². The summed E-state index contributed by atoms with van der Waals surface area (Å²) in [5.74, 6) is -0.278. The van der Waals surface area contributed by atoms with Crippen molar-refractivity contribution in [1.82, 2.24) is 9.97 Å². The third-order valence-corrected chi connectivity index (χ3v) is 4.87. The quantitative estimate of drug-likeness (QED) is 0.659. The van der Waals surface area contributed by atoms with Gasteiger partial charge in [0.15, 0.2) is 0 Å². The molecule has 144 valence electrons. The molecule has 1 amide bonds. The van der Waals surface area contributed by atoms with E-state index in [0.29, 0.717) is 16.4 Å². The van der Waals surface area contributed by atoms with Gasteiger partial charge < -0.3 is 10.2 Å². The predicted octanol–water partition coefficient (Wildman–Crippen LogP) is 4.68. The van der Waals surface area contributed by atoms with E-state index in [0.717, 1.165) is 29.8 Å². The van der Waals surface area contributed by atoms with Crippen LogP contribution in [-0.4, -0.2) is 29.5 Å². The highest BCUT2D eigenvalue weighted by Gasteiger charge is 2.13. The highest BCUT2D eigenvalue weighted by atomic mass is 35.5. The van der Waals surface area contributed by atoms with Crippen molar-refractivity contribution in [2.75, 3.05) is 23.8 Å². The molecule has 0 aliphatic heterocycles. The van der Waals surface area contributed by atoms with E-state index < -0.39 is 0 Å². The van der Waals surface area contributed by atoms with Crippen LogP contribution in [0.1, 0.15) is 27.2 Å². The molecule has 0 aliphatic rings. The molecule has 2 heterocycles. The summed E-state index contributed by atoms with van der Waals surface area (Å²) >= 11 is 6.27. The van der Waals surface area contributed by atoms with E-state index in [4.69, 9.17) is 11.6 Å². The lowest BCUT2D eigenvalue weighted by atomic mass is 10.1. The van der Waals surface area contributed by atoms with Crippen LogP contribution in [0.15, 0.2) is 55.0 Å². The third kappa shape index (κ3) is 4.87. The summed E-state index contributed by atoms with van der Waals surface area (Å²) < 4.78 is 0. The molecule has 0 radical (unpaired) electrons. The number of halogens is 1. The number of carbonyl (C=O) groups is 1. The van der Waals surface area contributed by atoms with Gasteiger partial charge in [-0.25, -0.2) is 4.98 Å². The number of amides is 1. The summed E-state index contributed by atoms with van der Waals surface area (Å²) in [5, 5.41) is 3.39. The molecular weight excluding hydrogens is 372 g/mol. The van der Waals surface area contributed by atoms with Crippen molar-refractivity contribution in [2.24, 2.45) is 0 Å². The van der Waals surface area contributed by atoms with Gasteiger partial charge in [0.25, 0.3) is 5.91 Å². The van der Waals surface area contributed by atoms with Crippen LogP contribution in [0.2, 0.25) is 5.02 Å². The van der Waals surface area contributed by atoms with E-state index in [1.54, 1.807) is 24.7 Å². The Labute approximate surface area is 170 Å². The van der Waals surface area contributed by atoms with E-state index in [2.05, 4.69) is 20.2 Å². The van der Waals surface area contributed by atoms with Gasteiger partial charge in [-0.15, -0.1) is 0 Å². The zero-order valence-electron chi connectivity index (χ0n) is 16.2. The predicted molar refractivity (Wildman–Crippen MR) is 114 cm³/mol. The number of carbonyl (C=O) groups excluding carboxylic acids is 1. The molecule has 0 aliphatic carbocycles. The Morgan fingerprint density at radius 3 is 2.54 bits per heavy atom. The first kappa shape index (κ1) is 19.8. The minimum Gasteiger partial charge on any atom is -0.373 e. The second-order valence-corrected chi connectivity index (χ2v) is 7.23. The van der Waals surface area contributed by atoms with Crippen molar-refractivity contribution in [3.63, 3.8) is 0 Å². The summed E-state index contributed by atoms with van der Waals surface area (Å²) in [6.07, 6.45) is 6.22. The van der Waals surface area contributed by atoms with Gasteiger partial charge >= 0.3 is 0 Å². The van der Waals surface area contributed by atoms with Crippen LogP contribution in [-0.2, 0) is 6.42 Å². The number of rotatable bonds is 6. The highest BCUT2D eigenvalue weighted by Crippen LogP contribution is 2.27. The molecule has 1 N–H and O–H groups in total. The molecule has 28 heavy (non-hydrogen) atoms. The fourth-order valence-electron chi connectivity index (χ4n) is 2.97. The first-order valence-corrected chi connectivity index (χ1v) is 9.46. The van der Waals surface area contributed by atoms with Crippen LogP contribution >= 0.6 is 11.6 Å². The number of anilines is 2. The van der Waals surface area contributed by atoms with Crippen molar-refractivity contribution in [3.05, 3.63) is 82.4 Å². The Morgan fingerprint density at radius 1 is 1.14 bits per heavy atom. The van der Waals surface area contributed by atoms with Crippen molar-refractivity contribution in [2.45, 2.75) is 20.3 Å². The van der Waals surface area contributed by atoms with E-state index in [1.807, 2.05) is 51.2 Å². The number of likely N-dealkylation sites (N-methyl/N-ethyl adjacent to an activating group) is 1. The Morgan fingerprint density at radius 2 is 1.89 bits per heavy atom. The zero-order chi connectivity index (χ0) is 20.1. The lowest BCUT2D eigenvalue weighted by molar-refractivity contribution is 0.102. The van der Waals surface area contributed by atoms with Crippen LogP contribution in [0.4, 0.5) is 11.4 Å². The second-order valence-electron chi connectivity index (χ2n) is 6.82. The maximum Gasteiger partial charge on any atom is 0.274 e. The Kier molecular flexibility index (Phi) is 6.26. The van der Waals surface area contributed by atoms with Crippen molar-refractivity contribution >= 4 is 28.9 Å². The molecule has 6 heteroatoms. The van der Waals surface area contributed by atoms with Gasteiger partial charge in [-0.1, -0.05) is 17.7 Å². The smallest absolute Gasteiger partial charge is 0.274 e. The van der Waals surface area contributed by atoms with Gasteiger partial charge in [0.05, 0.1) is 22.6 Å². The van der Waals surface area contributed by atoms with Crippen molar-refractivity contribution in [3.8, 4) is 0 Å². The fourth-order valence-corrected chi connectivity index (χ4v) is 3.34. The number of aromatic nitrogens is 2. The molecule has 0 atom stereocenters. The lowest BCUT2D eigenvalue weighted by Crippen LogP contribution is -2.21. The molecule has 0 saturated heterocycles. The zero-order valence-corrected chi connectivity index (χ0v) is 17.0. The van der Waals surface area contributed by atoms with E-state index in [1.165, 1.54) is 5.56 Å². The highest BCUT2D eigenvalue weighted by molar-refractivity contribution is 6.34. The Hall–Kier alpha value is -2.92. The number of aryl methyl sites for hydroxylation is 2. The maximum absolute atomic E-state index is 12.5. The number of nitrogens with one attached hydrogen (secondary N) is 1. The van der Waals surface area contributed by atoms with Crippen molar-refractivity contribution in [1.29, 1.82) is 0 Å². The third-order valence-electron chi connectivity index (χ3n) is 4.58. The molecule has 1 aromatic carbocycles. The van der Waals surface area contributed by atoms with Gasteiger partial charge in [0.2, 0.25) is 0 Å². The fraction of sp³-hybridized carbons (Fsp3) is 0.227. The number of pyridine rings is 2. The topological polar surface area (TPSA) is 58.1 Å². The average Bonchev–Trinajstić information content (AvgIpc) is 2.69. The standard InChI is InChI=1S/C22H23ClN4O/c1-15-12-16(2)21(19(23)13-15)26-22(28)20-5-4-18(14-25-20)27(3)11-8-17-6-9-24-10-7-17/h4-7,9-10,12-14H,8,11H2,1-3H3,(H,26,28). The minimum atomic E-state index is -0.278. The van der Waals surface area contributed by atoms with Crippen LogP contribution in [0.3, 0.4) is 0 Å². The SMILES string of the molecule is Cc1cc(C)c(NC(=O)c2ccc(N(C)CCc3ccncc3)cn2)c(Cl)c1. The van der Waals surface area contributed by atoms with Gasteiger partial charge in [-0.05, 0) is 67.3 Å². The first-order chi connectivity index (χ1) is 13.4. The molecule has 0 spiro atoms. The monoisotopic (exact) mass is 394 g/mol. The number of nitrogens with zero attached hydrogens (tertiary/aromatic N) is 3. The second kappa shape index (κ2) is 8.85. The van der Waals surface area contributed by atoms with E-state index in [-0.39, 0.29) is 5.91 Å². The summed E-state index contributed by atoms with van der Waals surface area (Å²) in [6.45, 7) is 4.73. The van der Waals surface area contributed by atoms with Crippen LogP contribution in [0, 0.1) is 13.8 Å². The molecule has 0 unspecified atom stereocenters. The molecular formula is C22H23ClN4O. The molecule has 2 aromatic heterocycles. The molecule has 0 saturated carbocycles. The largest absolute Gasteiger partial charge is 0.373 e. The summed E-state index contributed by atoms with van der Waals surface area (Å²) in [5.41, 5.74) is 5.13. The molecule has 5 nitrogen and oxygen atoms in total. The molecule has 0 fully saturated rings. The Balaban J connectivity index is 1.64. The lowest BCUT2D eigenvalue weighted by Gasteiger charge is -2.19. The number of hydrogen-bond acceptors (Lipinski definition) is 4. The van der Waals surface area contributed by atoms with Gasteiger partial charge in [-0.3, -0.25) is 9.78 Å². The number of benzene rings is 1. The number of hydrogen-bond donors (Lipinski definition) is 1. The minimum absolute atomic E-state index is 0.278. The summed E-state index contributed by atoms with van der Waals surface area (Å²) in [4.78, 5) is 23.0. The first-order valence-electron chi connectivity index (χ1n) is 9.08.